The van der Waals surface area contributed by atoms with Crippen molar-refractivity contribution in [2.24, 2.45) is 22.9 Å². The van der Waals surface area contributed by atoms with Crippen molar-refractivity contribution >= 4 is 6.09 Å². The summed E-state index contributed by atoms with van der Waals surface area (Å²) in [7, 11) is 0. The predicted molar refractivity (Wildman–Crippen MR) is 80.6 cm³/mol. The SMILES string of the molecule is NCCCCCC(N)NC(=O)OC(N)CCCCCN. The zero-order valence-electron chi connectivity index (χ0n) is 12.4. The minimum Gasteiger partial charge on any atom is -0.431 e. The molecule has 7 nitrogen and oxygen atoms in total. The number of amides is 1. The fourth-order valence-electron chi connectivity index (χ4n) is 1.81. The van der Waals surface area contributed by atoms with Crippen LogP contribution in [0.25, 0.3) is 0 Å². The Balaban J connectivity index is 3.59. The van der Waals surface area contributed by atoms with Crippen LogP contribution in [0.4, 0.5) is 4.79 Å². The molecule has 0 aromatic heterocycles. The molecule has 0 aliphatic rings. The summed E-state index contributed by atoms with van der Waals surface area (Å²) in [5.74, 6) is 0. The molecule has 0 heterocycles. The van der Waals surface area contributed by atoms with Gasteiger partial charge < -0.3 is 27.3 Å². The van der Waals surface area contributed by atoms with Crippen molar-refractivity contribution in [3.05, 3.63) is 0 Å². The van der Waals surface area contributed by atoms with Crippen molar-refractivity contribution in [3.63, 3.8) is 0 Å². The summed E-state index contributed by atoms with van der Waals surface area (Å²) in [4.78, 5) is 11.5. The van der Waals surface area contributed by atoms with E-state index in [1.54, 1.807) is 0 Å². The average molecular weight is 289 g/mol. The van der Waals surface area contributed by atoms with Gasteiger partial charge in [-0.1, -0.05) is 19.3 Å². The fraction of sp³-hybridized carbons (Fsp3) is 0.923. The number of nitrogens with one attached hydrogen (secondary N) is 1. The molecule has 0 bridgehead atoms. The maximum atomic E-state index is 11.5. The van der Waals surface area contributed by atoms with Gasteiger partial charge in [0.15, 0.2) is 6.23 Å². The van der Waals surface area contributed by atoms with E-state index in [9.17, 15) is 4.79 Å². The highest BCUT2D eigenvalue weighted by Crippen LogP contribution is 2.04. The first kappa shape index (κ1) is 19.1. The monoisotopic (exact) mass is 289 g/mol. The van der Waals surface area contributed by atoms with E-state index < -0.39 is 18.5 Å². The van der Waals surface area contributed by atoms with Crippen LogP contribution in [0.2, 0.25) is 0 Å². The minimum atomic E-state index is -0.586. The number of carbonyl (C=O) groups excluding carboxylic acids is 1. The molecular formula is C13H31N5O2. The molecule has 20 heavy (non-hydrogen) atoms. The molecule has 0 aliphatic carbocycles. The molecule has 0 aromatic carbocycles. The van der Waals surface area contributed by atoms with E-state index in [1.165, 1.54) is 0 Å². The lowest BCUT2D eigenvalue weighted by atomic mass is 10.1. The van der Waals surface area contributed by atoms with Gasteiger partial charge in [0.1, 0.15) is 0 Å². The van der Waals surface area contributed by atoms with E-state index in [2.05, 4.69) is 5.32 Å². The molecule has 0 aromatic rings. The molecule has 7 heteroatoms. The standard InChI is InChI=1S/C13H31N5O2/c14-9-5-1-3-7-11(16)18-13(19)20-12(17)8-4-2-6-10-15/h11-12H,1-10,14-17H2,(H,18,19). The van der Waals surface area contributed by atoms with Gasteiger partial charge in [0.2, 0.25) is 0 Å². The van der Waals surface area contributed by atoms with Crippen molar-refractivity contribution in [1.29, 1.82) is 0 Å². The fourth-order valence-corrected chi connectivity index (χ4v) is 1.81. The molecule has 2 atom stereocenters. The van der Waals surface area contributed by atoms with Gasteiger partial charge in [-0.15, -0.1) is 0 Å². The number of rotatable bonds is 12. The predicted octanol–water partition coefficient (Wildman–Crippen LogP) is 0.320. The molecule has 120 valence electrons. The van der Waals surface area contributed by atoms with E-state index in [1.807, 2.05) is 0 Å². The van der Waals surface area contributed by atoms with Gasteiger partial charge in [-0.3, -0.25) is 5.73 Å². The van der Waals surface area contributed by atoms with Crippen molar-refractivity contribution in [3.8, 4) is 0 Å². The molecule has 0 rings (SSSR count). The molecule has 0 aliphatic heterocycles. The molecule has 0 fully saturated rings. The Morgan fingerprint density at radius 1 is 0.900 bits per heavy atom. The molecule has 0 saturated carbocycles. The number of ether oxygens (including phenoxy) is 1. The highest BCUT2D eigenvalue weighted by atomic mass is 16.6. The number of alkyl carbamates (subject to hydrolysis) is 1. The van der Waals surface area contributed by atoms with Crippen LogP contribution < -0.4 is 28.3 Å². The van der Waals surface area contributed by atoms with Gasteiger partial charge in [-0.25, -0.2) is 4.79 Å². The van der Waals surface area contributed by atoms with Gasteiger partial charge in [0.25, 0.3) is 0 Å². The molecule has 0 spiro atoms. The first-order valence-corrected chi connectivity index (χ1v) is 7.48. The van der Waals surface area contributed by atoms with E-state index in [0.29, 0.717) is 25.9 Å². The Labute approximate surface area is 121 Å². The van der Waals surface area contributed by atoms with E-state index >= 15 is 0 Å². The van der Waals surface area contributed by atoms with E-state index in [-0.39, 0.29) is 0 Å². The highest BCUT2D eigenvalue weighted by Gasteiger charge is 2.12. The van der Waals surface area contributed by atoms with Gasteiger partial charge in [0.05, 0.1) is 6.17 Å². The number of nitrogens with two attached hydrogens (primary N) is 4. The largest absolute Gasteiger partial charge is 0.431 e. The van der Waals surface area contributed by atoms with Crippen molar-refractivity contribution in [2.45, 2.75) is 63.8 Å². The topological polar surface area (TPSA) is 142 Å². The molecular weight excluding hydrogens is 258 g/mol. The molecule has 1 amide bonds. The first-order valence-electron chi connectivity index (χ1n) is 7.48. The maximum Gasteiger partial charge on any atom is 0.409 e. The number of unbranched alkanes of at least 4 members (excludes halogenated alkanes) is 4. The zero-order valence-corrected chi connectivity index (χ0v) is 12.4. The molecule has 0 saturated heterocycles. The third-order valence-corrected chi connectivity index (χ3v) is 2.97. The minimum absolute atomic E-state index is 0.398. The third kappa shape index (κ3) is 12.2. The lowest BCUT2D eigenvalue weighted by Gasteiger charge is -2.17. The summed E-state index contributed by atoms with van der Waals surface area (Å²) in [6.07, 6.45) is 5.60. The average Bonchev–Trinajstić information content (AvgIpc) is 2.39. The van der Waals surface area contributed by atoms with E-state index in [4.69, 9.17) is 27.7 Å². The zero-order chi connectivity index (χ0) is 15.2. The summed E-state index contributed by atoms with van der Waals surface area (Å²) in [6, 6.07) is 0. The van der Waals surface area contributed by atoms with Gasteiger partial charge >= 0.3 is 6.09 Å². The molecule has 2 unspecified atom stereocenters. The lowest BCUT2D eigenvalue weighted by Crippen LogP contribution is -2.44. The van der Waals surface area contributed by atoms with Crippen LogP contribution in [0, 0.1) is 0 Å². The maximum absolute atomic E-state index is 11.5. The highest BCUT2D eigenvalue weighted by molar-refractivity contribution is 5.67. The van der Waals surface area contributed by atoms with Crippen molar-refractivity contribution in [2.75, 3.05) is 13.1 Å². The lowest BCUT2D eigenvalue weighted by molar-refractivity contribution is 0.0912. The second-order valence-corrected chi connectivity index (χ2v) is 4.97. The number of carbonyl (C=O) groups is 1. The Kier molecular flexibility index (Phi) is 12.5. The Hall–Kier alpha value is -0.890. The molecule has 9 N–H and O–H groups in total. The summed E-state index contributed by atoms with van der Waals surface area (Å²) in [5, 5.41) is 2.57. The van der Waals surface area contributed by atoms with Crippen LogP contribution in [0.15, 0.2) is 0 Å². The summed E-state index contributed by atoms with van der Waals surface area (Å²) >= 11 is 0. The molecule has 0 radical (unpaired) electrons. The van der Waals surface area contributed by atoms with Crippen LogP contribution in [0.5, 0.6) is 0 Å². The summed E-state index contributed by atoms with van der Waals surface area (Å²) < 4.78 is 5.03. The third-order valence-electron chi connectivity index (χ3n) is 2.97. The quantitative estimate of drug-likeness (QED) is 0.259. The summed E-state index contributed by atoms with van der Waals surface area (Å²) in [5.41, 5.74) is 22.3. The number of hydrogen-bond acceptors (Lipinski definition) is 6. The van der Waals surface area contributed by atoms with Gasteiger partial charge in [-0.05, 0) is 45.2 Å². The van der Waals surface area contributed by atoms with Crippen LogP contribution in [-0.4, -0.2) is 31.6 Å². The van der Waals surface area contributed by atoms with Crippen LogP contribution in [-0.2, 0) is 4.74 Å². The van der Waals surface area contributed by atoms with Gasteiger partial charge in [0, 0.05) is 0 Å². The second kappa shape index (κ2) is 13.1. The van der Waals surface area contributed by atoms with Crippen LogP contribution in [0.1, 0.15) is 51.4 Å². The Morgan fingerprint density at radius 3 is 2.00 bits per heavy atom. The summed E-state index contributed by atoms with van der Waals surface area (Å²) in [6.45, 7) is 1.36. The Morgan fingerprint density at radius 2 is 1.45 bits per heavy atom. The first-order chi connectivity index (χ1) is 9.60. The second-order valence-electron chi connectivity index (χ2n) is 4.97. The smallest absolute Gasteiger partial charge is 0.409 e. The number of hydrogen-bond donors (Lipinski definition) is 5. The normalized spacial score (nSPS) is 13.8. The Bertz CT molecular complexity index is 219. The van der Waals surface area contributed by atoms with Crippen molar-refractivity contribution < 1.29 is 9.53 Å². The van der Waals surface area contributed by atoms with Crippen molar-refractivity contribution in [1.82, 2.24) is 5.32 Å². The van der Waals surface area contributed by atoms with Crippen LogP contribution in [0.3, 0.4) is 0 Å². The van der Waals surface area contributed by atoms with E-state index in [0.717, 1.165) is 38.5 Å². The van der Waals surface area contributed by atoms with Gasteiger partial charge in [-0.2, -0.15) is 0 Å². The van der Waals surface area contributed by atoms with Crippen LogP contribution >= 0.6 is 0 Å².